The number of fused-ring (bicyclic) bond motifs is 1. The summed E-state index contributed by atoms with van der Waals surface area (Å²) in [6.07, 6.45) is 0.595. The molecule has 3 nitrogen and oxygen atoms in total. The summed E-state index contributed by atoms with van der Waals surface area (Å²) in [5.74, 6) is 0.422. The summed E-state index contributed by atoms with van der Waals surface area (Å²) < 4.78 is 17.5. The van der Waals surface area contributed by atoms with E-state index in [1.54, 1.807) is 24.3 Å². The van der Waals surface area contributed by atoms with Crippen molar-refractivity contribution < 1.29 is 14.0 Å². The Hall–Kier alpha value is -2.09. The Kier molecular flexibility index (Phi) is 4.28. The summed E-state index contributed by atoms with van der Waals surface area (Å²) in [5, 5.41) is 2.25. The Morgan fingerprint density at radius 1 is 0.864 bits per heavy atom. The second kappa shape index (κ2) is 6.35. The highest BCUT2D eigenvalue weighted by Gasteiger charge is 2.21. The largest absolute Gasteiger partial charge is 0.424 e. The van der Waals surface area contributed by atoms with E-state index in [9.17, 15) is 9.46 Å². The number of rotatable bonds is 5. The molecule has 3 aromatic rings. The fourth-order valence-corrected chi connectivity index (χ4v) is 3.53. The zero-order valence-corrected chi connectivity index (χ0v) is 12.9. The van der Waals surface area contributed by atoms with Crippen LogP contribution >= 0.6 is 7.60 Å². The Balaban J connectivity index is 1.74. The Morgan fingerprint density at radius 3 is 2.36 bits per heavy atom. The van der Waals surface area contributed by atoms with E-state index in [1.807, 2.05) is 48.5 Å². The molecule has 0 radical (unpaired) electrons. The highest BCUT2D eigenvalue weighted by Crippen LogP contribution is 2.43. The minimum atomic E-state index is -3.66. The van der Waals surface area contributed by atoms with Gasteiger partial charge in [0.15, 0.2) is 0 Å². The second-order valence-electron chi connectivity index (χ2n) is 5.15. The molecule has 0 aliphatic heterocycles. The minimum absolute atomic E-state index is 0.0932. The van der Waals surface area contributed by atoms with Gasteiger partial charge in [-0.3, -0.25) is 0 Å². The molecule has 0 bridgehead atoms. The highest BCUT2D eigenvalue weighted by atomic mass is 31.2. The molecule has 0 spiro atoms. The third kappa shape index (κ3) is 3.56. The van der Waals surface area contributed by atoms with Gasteiger partial charge in [-0.15, -0.1) is 0 Å². The average Bonchev–Trinajstić information content (AvgIpc) is 2.53. The molecular formula is C18H17O3P. The van der Waals surface area contributed by atoms with E-state index in [4.69, 9.17) is 4.52 Å². The van der Waals surface area contributed by atoms with Crippen LogP contribution < -0.4 is 4.52 Å². The molecule has 1 unspecified atom stereocenters. The Morgan fingerprint density at radius 2 is 1.55 bits per heavy atom. The van der Waals surface area contributed by atoms with Crippen molar-refractivity contribution in [1.29, 1.82) is 0 Å². The lowest BCUT2D eigenvalue weighted by Crippen LogP contribution is -2.01. The second-order valence-corrected chi connectivity index (χ2v) is 7.06. The lowest BCUT2D eigenvalue weighted by atomic mass is 10.0. The van der Waals surface area contributed by atoms with Crippen LogP contribution in [0.5, 0.6) is 5.75 Å². The third-order valence-corrected chi connectivity index (χ3v) is 4.82. The van der Waals surface area contributed by atoms with Crippen LogP contribution in [0, 0.1) is 0 Å². The smallest absolute Gasteiger partial charge is 0.376 e. The molecule has 0 aromatic heterocycles. The molecule has 0 heterocycles. The van der Waals surface area contributed by atoms with Crippen LogP contribution in [-0.2, 0) is 11.0 Å². The van der Waals surface area contributed by atoms with Crippen molar-refractivity contribution in [3.05, 3.63) is 78.4 Å². The van der Waals surface area contributed by atoms with E-state index < -0.39 is 7.60 Å². The summed E-state index contributed by atoms with van der Waals surface area (Å²) in [6.45, 7) is 0. The molecule has 3 aromatic carbocycles. The van der Waals surface area contributed by atoms with Gasteiger partial charge in [0.25, 0.3) is 0 Å². The molecule has 0 fully saturated rings. The topological polar surface area (TPSA) is 46.5 Å². The maximum atomic E-state index is 12.2. The van der Waals surface area contributed by atoms with E-state index >= 15 is 0 Å². The standard InChI is InChI=1S/C18H17O3P/c19-22(20,21-17-10-2-1-3-11-17)14-13-16-9-6-8-15-7-4-5-12-18(15)16/h1-12H,13-14H2,(H,19,20). The summed E-state index contributed by atoms with van der Waals surface area (Å²) in [6, 6.07) is 22.8. The SMILES string of the molecule is O=P(O)(CCc1cccc2ccccc12)Oc1ccccc1. The molecule has 1 atom stereocenters. The van der Waals surface area contributed by atoms with Crippen LogP contribution in [0.2, 0.25) is 0 Å². The molecular weight excluding hydrogens is 295 g/mol. The van der Waals surface area contributed by atoms with Crippen LogP contribution in [-0.4, -0.2) is 11.1 Å². The molecule has 112 valence electrons. The van der Waals surface area contributed by atoms with Gasteiger partial charge >= 0.3 is 7.60 Å². The van der Waals surface area contributed by atoms with E-state index in [-0.39, 0.29) is 6.16 Å². The van der Waals surface area contributed by atoms with Gasteiger partial charge in [-0.25, -0.2) is 4.57 Å². The summed E-state index contributed by atoms with van der Waals surface area (Å²) >= 11 is 0. The van der Waals surface area contributed by atoms with Crippen molar-refractivity contribution in [3.63, 3.8) is 0 Å². The monoisotopic (exact) mass is 312 g/mol. The Bertz CT molecular complexity index is 809. The van der Waals surface area contributed by atoms with Crippen molar-refractivity contribution in [1.82, 2.24) is 0 Å². The maximum Gasteiger partial charge on any atom is 0.376 e. The van der Waals surface area contributed by atoms with Crippen LogP contribution in [0.1, 0.15) is 5.56 Å². The van der Waals surface area contributed by atoms with Gasteiger partial charge in [-0.2, -0.15) is 0 Å². The van der Waals surface area contributed by atoms with Gasteiger partial charge in [0.2, 0.25) is 0 Å². The fourth-order valence-electron chi connectivity index (χ4n) is 2.46. The molecule has 1 N–H and O–H groups in total. The highest BCUT2D eigenvalue weighted by molar-refractivity contribution is 7.53. The van der Waals surface area contributed by atoms with Crippen LogP contribution in [0.15, 0.2) is 72.8 Å². The molecule has 0 aliphatic rings. The number of para-hydroxylation sites is 1. The van der Waals surface area contributed by atoms with Crippen molar-refractivity contribution in [3.8, 4) is 5.75 Å². The lowest BCUT2D eigenvalue weighted by Gasteiger charge is -2.14. The van der Waals surface area contributed by atoms with Gasteiger partial charge in [0.1, 0.15) is 5.75 Å². The molecule has 0 amide bonds. The van der Waals surface area contributed by atoms with Crippen molar-refractivity contribution in [2.24, 2.45) is 0 Å². The normalized spacial score (nSPS) is 13.7. The van der Waals surface area contributed by atoms with Crippen LogP contribution in [0.4, 0.5) is 0 Å². The molecule has 3 rings (SSSR count). The van der Waals surface area contributed by atoms with Crippen molar-refractivity contribution >= 4 is 18.4 Å². The van der Waals surface area contributed by atoms with Crippen LogP contribution in [0.3, 0.4) is 0 Å². The van der Waals surface area contributed by atoms with Crippen molar-refractivity contribution in [2.45, 2.75) is 6.42 Å². The Labute approximate surface area is 129 Å². The molecule has 0 saturated carbocycles. The molecule has 0 aliphatic carbocycles. The van der Waals surface area contributed by atoms with Gasteiger partial charge < -0.3 is 9.42 Å². The number of hydrogen-bond donors (Lipinski definition) is 1. The number of benzene rings is 3. The first-order chi connectivity index (χ1) is 10.6. The van der Waals surface area contributed by atoms with Gasteiger partial charge in [-0.05, 0) is 34.9 Å². The first kappa shape index (κ1) is 14.8. The molecule has 22 heavy (non-hydrogen) atoms. The number of hydrogen-bond acceptors (Lipinski definition) is 2. The molecule has 4 heteroatoms. The third-order valence-electron chi connectivity index (χ3n) is 3.53. The molecule has 0 saturated heterocycles. The predicted octanol–water partition coefficient (Wildman–Crippen LogP) is 4.65. The van der Waals surface area contributed by atoms with Gasteiger partial charge in [0.05, 0.1) is 6.16 Å². The van der Waals surface area contributed by atoms with Gasteiger partial charge in [0, 0.05) is 0 Å². The first-order valence-electron chi connectivity index (χ1n) is 7.17. The summed E-state index contributed by atoms with van der Waals surface area (Å²) in [7, 11) is -3.66. The fraction of sp³-hybridized carbons (Fsp3) is 0.111. The van der Waals surface area contributed by atoms with E-state index in [0.29, 0.717) is 12.2 Å². The summed E-state index contributed by atoms with van der Waals surface area (Å²) in [5.41, 5.74) is 1.06. The zero-order valence-electron chi connectivity index (χ0n) is 12.1. The van der Waals surface area contributed by atoms with Crippen molar-refractivity contribution in [2.75, 3.05) is 6.16 Å². The van der Waals surface area contributed by atoms with E-state index in [1.165, 1.54) is 0 Å². The minimum Gasteiger partial charge on any atom is -0.424 e. The van der Waals surface area contributed by atoms with Crippen LogP contribution in [0.25, 0.3) is 10.8 Å². The predicted molar refractivity (Wildman–Crippen MR) is 89.4 cm³/mol. The van der Waals surface area contributed by atoms with E-state index in [0.717, 1.165) is 16.3 Å². The van der Waals surface area contributed by atoms with Gasteiger partial charge in [-0.1, -0.05) is 60.7 Å². The maximum absolute atomic E-state index is 12.2. The average molecular weight is 312 g/mol. The van der Waals surface area contributed by atoms with E-state index in [2.05, 4.69) is 0 Å². The zero-order chi connectivity index (χ0) is 15.4. The lowest BCUT2D eigenvalue weighted by molar-refractivity contribution is 0.379. The quantitative estimate of drug-likeness (QED) is 0.698. The number of aryl methyl sites for hydroxylation is 1. The first-order valence-corrected chi connectivity index (χ1v) is 8.93. The summed E-state index contributed by atoms with van der Waals surface area (Å²) in [4.78, 5) is 10.0.